The first-order chi connectivity index (χ1) is 10.8. The SMILES string of the molecule is Cc1cc(N2CCC(NC(=O)C3CC(F)(F)CN3)C2=O)n(C)n1.Cl. The number of anilines is 1. The van der Waals surface area contributed by atoms with Crippen LogP contribution in [0.1, 0.15) is 18.5 Å². The summed E-state index contributed by atoms with van der Waals surface area (Å²) < 4.78 is 27.9. The second kappa shape index (κ2) is 6.64. The van der Waals surface area contributed by atoms with E-state index in [4.69, 9.17) is 0 Å². The molecular formula is C14H20ClF2N5O2. The van der Waals surface area contributed by atoms with E-state index in [1.165, 1.54) is 0 Å². The third-order valence-electron chi connectivity index (χ3n) is 4.20. The van der Waals surface area contributed by atoms with Gasteiger partial charge in [0.15, 0.2) is 0 Å². The highest BCUT2D eigenvalue weighted by Crippen LogP contribution is 2.26. The van der Waals surface area contributed by atoms with E-state index in [0.29, 0.717) is 18.8 Å². The third-order valence-corrected chi connectivity index (χ3v) is 4.20. The summed E-state index contributed by atoms with van der Waals surface area (Å²) in [7, 11) is 1.74. The lowest BCUT2D eigenvalue weighted by Crippen LogP contribution is -2.48. The average molecular weight is 364 g/mol. The van der Waals surface area contributed by atoms with Gasteiger partial charge in [-0.1, -0.05) is 0 Å². The van der Waals surface area contributed by atoms with Crippen molar-refractivity contribution in [3.05, 3.63) is 11.8 Å². The van der Waals surface area contributed by atoms with Crippen LogP contribution in [0.4, 0.5) is 14.6 Å². The van der Waals surface area contributed by atoms with Crippen LogP contribution in [0.3, 0.4) is 0 Å². The summed E-state index contributed by atoms with van der Waals surface area (Å²) in [5.41, 5.74) is 0.792. The van der Waals surface area contributed by atoms with Gasteiger partial charge in [0.25, 0.3) is 11.8 Å². The maximum Gasteiger partial charge on any atom is 0.262 e. The van der Waals surface area contributed by atoms with Crippen LogP contribution in [-0.4, -0.2) is 52.7 Å². The van der Waals surface area contributed by atoms with Crippen molar-refractivity contribution in [3.63, 3.8) is 0 Å². The molecule has 0 aliphatic carbocycles. The molecule has 2 amide bonds. The molecule has 2 fully saturated rings. The van der Waals surface area contributed by atoms with Gasteiger partial charge >= 0.3 is 0 Å². The summed E-state index contributed by atoms with van der Waals surface area (Å²) in [4.78, 5) is 26.1. The predicted molar refractivity (Wildman–Crippen MR) is 85.4 cm³/mol. The van der Waals surface area contributed by atoms with Gasteiger partial charge in [-0.25, -0.2) is 8.78 Å². The van der Waals surface area contributed by atoms with Gasteiger partial charge in [-0.05, 0) is 13.3 Å². The number of hydrogen-bond acceptors (Lipinski definition) is 4. The number of rotatable bonds is 3. The molecule has 1 aromatic heterocycles. The molecule has 134 valence electrons. The molecule has 3 rings (SSSR count). The lowest BCUT2D eigenvalue weighted by Gasteiger charge is -2.18. The largest absolute Gasteiger partial charge is 0.343 e. The van der Waals surface area contributed by atoms with E-state index >= 15 is 0 Å². The molecule has 0 spiro atoms. The number of aromatic nitrogens is 2. The van der Waals surface area contributed by atoms with Crippen LogP contribution >= 0.6 is 12.4 Å². The topological polar surface area (TPSA) is 79.3 Å². The van der Waals surface area contributed by atoms with Crippen LogP contribution in [0.25, 0.3) is 0 Å². The summed E-state index contributed by atoms with van der Waals surface area (Å²) >= 11 is 0. The van der Waals surface area contributed by atoms with Gasteiger partial charge in [-0.3, -0.25) is 24.5 Å². The smallest absolute Gasteiger partial charge is 0.262 e. The summed E-state index contributed by atoms with van der Waals surface area (Å²) in [5, 5.41) is 9.27. The molecule has 2 unspecified atom stereocenters. The molecule has 0 aromatic carbocycles. The number of nitrogens with zero attached hydrogens (tertiary/aromatic N) is 3. The van der Waals surface area contributed by atoms with E-state index in [-0.39, 0.29) is 18.3 Å². The summed E-state index contributed by atoms with van der Waals surface area (Å²) in [6.07, 6.45) is -0.0949. The first-order valence-electron chi connectivity index (χ1n) is 7.50. The number of halogens is 3. The first kappa shape index (κ1) is 18.6. The number of carbonyl (C=O) groups is 2. The average Bonchev–Trinajstić information content (AvgIpc) is 3.09. The molecular weight excluding hydrogens is 344 g/mol. The molecule has 0 bridgehead atoms. The van der Waals surface area contributed by atoms with Gasteiger partial charge in [0.2, 0.25) is 5.91 Å². The van der Waals surface area contributed by atoms with E-state index in [9.17, 15) is 18.4 Å². The van der Waals surface area contributed by atoms with Crippen molar-refractivity contribution < 1.29 is 18.4 Å². The molecule has 3 heterocycles. The lowest BCUT2D eigenvalue weighted by atomic mass is 10.1. The van der Waals surface area contributed by atoms with E-state index in [1.54, 1.807) is 22.7 Å². The molecule has 2 aliphatic heterocycles. The Morgan fingerprint density at radius 2 is 2.21 bits per heavy atom. The van der Waals surface area contributed by atoms with Gasteiger partial charge in [0.05, 0.1) is 18.3 Å². The van der Waals surface area contributed by atoms with Crippen LogP contribution < -0.4 is 15.5 Å². The fourth-order valence-electron chi connectivity index (χ4n) is 3.06. The Morgan fingerprint density at radius 3 is 2.75 bits per heavy atom. The number of hydrogen-bond donors (Lipinski definition) is 2. The van der Waals surface area contributed by atoms with Crippen molar-refractivity contribution in [2.75, 3.05) is 18.0 Å². The van der Waals surface area contributed by atoms with Crippen molar-refractivity contribution in [1.82, 2.24) is 20.4 Å². The highest BCUT2D eigenvalue weighted by Gasteiger charge is 2.44. The van der Waals surface area contributed by atoms with E-state index in [2.05, 4.69) is 15.7 Å². The minimum atomic E-state index is -2.88. The number of carbonyl (C=O) groups excluding carboxylic acids is 2. The normalized spacial score (nSPS) is 25.7. The Bertz CT molecular complexity index is 651. The van der Waals surface area contributed by atoms with Crippen LogP contribution in [-0.2, 0) is 16.6 Å². The standard InChI is InChI=1S/C14H19F2N5O2.ClH/c1-8-5-11(20(2)19-8)21-4-3-9(13(21)23)18-12(22)10-6-14(15,16)7-17-10;/h5,9-10,17H,3-4,6-7H2,1-2H3,(H,18,22);1H. The monoisotopic (exact) mass is 363 g/mol. The van der Waals surface area contributed by atoms with Crippen molar-refractivity contribution >= 4 is 30.0 Å². The van der Waals surface area contributed by atoms with Gasteiger partial charge in [-0.15, -0.1) is 12.4 Å². The molecule has 2 N–H and O–H groups in total. The van der Waals surface area contributed by atoms with Crippen LogP contribution in [0.15, 0.2) is 6.07 Å². The maximum absolute atomic E-state index is 13.1. The summed E-state index contributed by atoms with van der Waals surface area (Å²) in [6.45, 7) is 1.77. The zero-order valence-electron chi connectivity index (χ0n) is 13.4. The molecule has 10 heteroatoms. The molecule has 2 aliphatic rings. The molecule has 24 heavy (non-hydrogen) atoms. The minimum absolute atomic E-state index is 0. The van der Waals surface area contributed by atoms with Gasteiger partial charge in [-0.2, -0.15) is 5.10 Å². The van der Waals surface area contributed by atoms with Gasteiger partial charge < -0.3 is 5.32 Å². The first-order valence-corrected chi connectivity index (χ1v) is 7.50. The van der Waals surface area contributed by atoms with E-state index in [1.807, 2.05) is 6.92 Å². The number of aryl methyl sites for hydroxylation is 2. The summed E-state index contributed by atoms with van der Waals surface area (Å²) in [6, 6.07) is 0.154. The minimum Gasteiger partial charge on any atom is -0.343 e. The van der Waals surface area contributed by atoms with Gasteiger partial charge in [0.1, 0.15) is 11.9 Å². The van der Waals surface area contributed by atoms with Crippen molar-refractivity contribution in [1.29, 1.82) is 0 Å². The van der Waals surface area contributed by atoms with E-state index in [0.717, 1.165) is 5.69 Å². The Morgan fingerprint density at radius 1 is 1.50 bits per heavy atom. The van der Waals surface area contributed by atoms with E-state index < -0.39 is 36.9 Å². The molecule has 2 atom stereocenters. The van der Waals surface area contributed by atoms with Crippen molar-refractivity contribution in [3.8, 4) is 0 Å². The molecule has 7 nitrogen and oxygen atoms in total. The number of alkyl halides is 2. The fraction of sp³-hybridized carbons (Fsp3) is 0.643. The number of nitrogens with one attached hydrogen (secondary N) is 2. The molecule has 1 aromatic rings. The second-order valence-corrected chi connectivity index (χ2v) is 6.10. The van der Waals surface area contributed by atoms with Crippen LogP contribution in [0.2, 0.25) is 0 Å². The predicted octanol–water partition coefficient (Wildman–Crippen LogP) is 0.369. The lowest BCUT2D eigenvalue weighted by molar-refractivity contribution is -0.128. The van der Waals surface area contributed by atoms with Crippen molar-refractivity contribution in [2.45, 2.75) is 37.8 Å². The highest BCUT2D eigenvalue weighted by molar-refractivity contribution is 6.01. The van der Waals surface area contributed by atoms with Gasteiger partial charge in [0, 0.05) is 26.1 Å². The fourth-order valence-corrected chi connectivity index (χ4v) is 3.06. The quantitative estimate of drug-likeness (QED) is 0.813. The van der Waals surface area contributed by atoms with Crippen molar-refractivity contribution in [2.24, 2.45) is 7.05 Å². The molecule has 0 radical (unpaired) electrons. The summed E-state index contributed by atoms with van der Waals surface area (Å²) in [5.74, 6) is -3.01. The van der Waals surface area contributed by atoms with Crippen LogP contribution in [0, 0.1) is 6.92 Å². The molecule has 2 saturated heterocycles. The van der Waals surface area contributed by atoms with Crippen LogP contribution in [0.5, 0.6) is 0 Å². The Balaban J connectivity index is 0.00000208. The highest BCUT2D eigenvalue weighted by atomic mass is 35.5. The second-order valence-electron chi connectivity index (χ2n) is 6.10. The molecule has 0 saturated carbocycles. The number of amides is 2. The Labute approximate surface area is 144 Å². The zero-order valence-corrected chi connectivity index (χ0v) is 14.2. The Kier molecular flexibility index (Phi) is 5.14. The zero-order chi connectivity index (χ0) is 16.8. The third kappa shape index (κ3) is 3.51. The maximum atomic E-state index is 13.1. The Hall–Kier alpha value is -1.74.